The van der Waals surface area contributed by atoms with Gasteiger partial charge in [0.1, 0.15) is 5.60 Å². The summed E-state index contributed by atoms with van der Waals surface area (Å²) in [5.74, 6) is 0. The summed E-state index contributed by atoms with van der Waals surface area (Å²) in [5.41, 5.74) is -0.411. The molecule has 0 aromatic carbocycles. The summed E-state index contributed by atoms with van der Waals surface area (Å²) in [7, 11) is 2.22. The van der Waals surface area contributed by atoms with Crippen LogP contribution >= 0.6 is 0 Å². The number of nitrogens with zero attached hydrogens (tertiary/aromatic N) is 1. The van der Waals surface area contributed by atoms with Crippen molar-refractivity contribution < 1.29 is 9.53 Å². The van der Waals surface area contributed by atoms with Crippen LogP contribution in [0.3, 0.4) is 0 Å². The second-order valence-electron chi connectivity index (χ2n) is 6.72. The summed E-state index contributed by atoms with van der Waals surface area (Å²) < 4.78 is 5.33. The molecule has 1 N–H and O–H groups in total. The smallest absolute Gasteiger partial charge is 0.407 e. The SMILES string of the molecule is CN1C2CCCC1CC(NC(=O)OC(C)(C)C)C2. The molecule has 0 aliphatic carbocycles. The monoisotopic (exact) mass is 254 g/mol. The zero-order valence-electron chi connectivity index (χ0n) is 12.0. The number of fused-ring (bicyclic) bond motifs is 2. The van der Waals surface area contributed by atoms with E-state index in [-0.39, 0.29) is 12.1 Å². The first kappa shape index (κ1) is 13.7. The van der Waals surface area contributed by atoms with E-state index in [2.05, 4.69) is 17.3 Å². The zero-order chi connectivity index (χ0) is 13.3. The zero-order valence-corrected chi connectivity index (χ0v) is 12.0. The molecule has 2 saturated heterocycles. The van der Waals surface area contributed by atoms with Crippen molar-refractivity contribution in [1.29, 1.82) is 0 Å². The topological polar surface area (TPSA) is 41.6 Å². The van der Waals surface area contributed by atoms with Crippen molar-refractivity contribution in [3.8, 4) is 0 Å². The second-order valence-corrected chi connectivity index (χ2v) is 6.72. The lowest BCUT2D eigenvalue weighted by Gasteiger charge is -2.47. The molecule has 1 amide bonds. The van der Waals surface area contributed by atoms with Crippen LogP contribution in [0.25, 0.3) is 0 Å². The van der Waals surface area contributed by atoms with Crippen LogP contribution in [-0.2, 0) is 4.74 Å². The van der Waals surface area contributed by atoms with Crippen LogP contribution in [0, 0.1) is 0 Å². The minimum Gasteiger partial charge on any atom is -0.444 e. The third-order valence-corrected chi connectivity index (χ3v) is 4.06. The highest BCUT2D eigenvalue weighted by Crippen LogP contribution is 2.32. The van der Waals surface area contributed by atoms with E-state index >= 15 is 0 Å². The van der Waals surface area contributed by atoms with Crippen LogP contribution in [0.2, 0.25) is 0 Å². The molecule has 2 unspecified atom stereocenters. The summed E-state index contributed by atoms with van der Waals surface area (Å²) in [6.07, 6.45) is 5.71. The van der Waals surface area contributed by atoms with Crippen LogP contribution in [0.1, 0.15) is 52.9 Å². The van der Waals surface area contributed by atoms with Gasteiger partial charge in [0.15, 0.2) is 0 Å². The van der Waals surface area contributed by atoms with E-state index < -0.39 is 5.60 Å². The van der Waals surface area contributed by atoms with Gasteiger partial charge in [-0.05, 0) is 53.5 Å². The predicted molar refractivity (Wildman–Crippen MR) is 71.6 cm³/mol. The molecule has 2 fully saturated rings. The van der Waals surface area contributed by atoms with Crippen molar-refractivity contribution in [3.63, 3.8) is 0 Å². The maximum atomic E-state index is 11.8. The number of hydrogen-bond donors (Lipinski definition) is 1. The first-order valence-corrected chi connectivity index (χ1v) is 7.06. The number of amides is 1. The minimum absolute atomic E-state index is 0.268. The molecule has 2 atom stereocenters. The molecule has 2 aliphatic heterocycles. The number of piperidine rings is 2. The average molecular weight is 254 g/mol. The molecule has 2 heterocycles. The highest BCUT2D eigenvalue weighted by atomic mass is 16.6. The Balaban J connectivity index is 1.86. The maximum Gasteiger partial charge on any atom is 0.407 e. The van der Waals surface area contributed by atoms with E-state index in [0.717, 1.165) is 12.8 Å². The van der Waals surface area contributed by atoms with Gasteiger partial charge in [-0.2, -0.15) is 0 Å². The number of nitrogens with one attached hydrogen (secondary N) is 1. The van der Waals surface area contributed by atoms with E-state index in [1.807, 2.05) is 20.8 Å². The lowest BCUT2D eigenvalue weighted by molar-refractivity contribution is 0.0293. The summed E-state index contributed by atoms with van der Waals surface area (Å²) in [6.45, 7) is 5.70. The normalized spacial score (nSPS) is 33.0. The number of ether oxygens (including phenoxy) is 1. The van der Waals surface area contributed by atoms with E-state index in [4.69, 9.17) is 4.74 Å². The molecule has 18 heavy (non-hydrogen) atoms. The summed E-state index contributed by atoms with van der Waals surface area (Å²) in [6, 6.07) is 1.56. The van der Waals surface area contributed by atoms with Gasteiger partial charge in [0.2, 0.25) is 0 Å². The van der Waals surface area contributed by atoms with Gasteiger partial charge in [-0.1, -0.05) is 6.42 Å². The Morgan fingerprint density at radius 3 is 2.28 bits per heavy atom. The Kier molecular flexibility index (Phi) is 3.85. The van der Waals surface area contributed by atoms with Gasteiger partial charge in [-0.25, -0.2) is 4.79 Å². The standard InChI is InChI=1S/C14H26N2O2/c1-14(2,3)18-13(17)15-10-8-11-6-5-7-12(9-10)16(11)4/h10-12H,5-9H2,1-4H3,(H,15,17). The Bertz CT molecular complexity index is 297. The molecule has 2 bridgehead atoms. The first-order valence-electron chi connectivity index (χ1n) is 7.06. The molecule has 0 spiro atoms. The van der Waals surface area contributed by atoms with Crippen molar-refractivity contribution >= 4 is 6.09 Å². The van der Waals surface area contributed by atoms with E-state index in [1.165, 1.54) is 19.3 Å². The Morgan fingerprint density at radius 2 is 1.78 bits per heavy atom. The van der Waals surface area contributed by atoms with Crippen LogP contribution < -0.4 is 5.32 Å². The number of alkyl carbamates (subject to hydrolysis) is 1. The maximum absolute atomic E-state index is 11.8. The highest BCUT2D eigenvalue weighted by Gasteiger charge is 2.36. The van der Waals surface area contributed by atoms with Crippen molar-refractivity contribution in [2.45, 2.75) is 76.6 Å². The first-order chi connectivity index (χ1) is 8.35. The fraction of sp³-hybridized carbons (Fsp3) is 0.929. The van der Waals surface area contributed by atoms with Crippen molar-refractivity contribution in [2.24, 2.45) is 0 Å². The van der Waals surface area contributed by atoms with E-state index in [1.54, 1.807) is 0 Å². The van der Waals surface area contributed by atoms with Crippen LogP contribution in [0.5, 0.6) is 0 Å². The molecular formula is C14H26N2O2. The summed E-state index contributed by atoms with van der Waals surface area (Å²) in [4.78, 5) is 14.3. The van der Waals surface area contributed by atoms with Gasteiger partial charge in [-0.15, -0.1) is 0 Å². The average Bonchev–Trinajstić information content (AvgIpc) is 2.16. The third kappa shape index (κ3) is 3.37. The number of carbonyl (C=O) groups excluding carboxylic acids is 1. The highest BCUT2D eigenvalue weighted by molar-refractivity contribution is 5.68. The molecule has 0 radical (unpaired) electrons. The molecule has 2 rings (SSSR count). The minimum atomic E-state index is -0.411. The molecule has 0 aromatic rings. The number of carbonyl (C=O) groups is 1. The van der Waals surface area contributed by atoms with Crippen molar-refractivity contribution in [3.05, 3.63) is 0 Å². The molecule has 4 heteroatoms. The molecular weight excluding hydrogens is 228 g/mol. The molecule has 104 valence electrons. The fourth-order valence-corrected chi connectivity index (χ4v) is 3.21. The molecule has 4 nitrogen and oxygen atoms in total. The predicted octanol–water partition coefficient (Wildman–Crippen LogP) is 2.53. The molecule has 0 aromatic heterocycles. The van der Waals surface area contributed by atoms with Crippen LogP contribution in [0.4, 0.5) is 4.79 Å². The number of rotatable bonds is 1. The number of hydrogen-bond acceptors (Lipinski definition) is 3. The Labute approximate surface area is 110 Å². The second kappa shape index (κ2) is 5.08. The van der Waals surface area contributed by atoms with Crippen molar-refractivity contribution in [1.82, 2.24) is 10.2 Å². The lowest BCUT2D eigenvalue weighted by Crippen LogP contribution is -2.55. The van der Waals surface area contributed by atoms with Gasteiger partial charge in [-0.3, -0.25) is 0 Å². The summed E-state index contributed by atoms with van der Waals surface area (Å²) in [5, 5.41) is 3.04. The largest absolute Gasteiger partial charge is 0.444 e. The van der Waals surface area contributed by atoms with E-state index in [9.17, 15) is 4.79 Å². The van der Waals surface area contributed by atoms with Gasteiger partial charge in [0.25, 0.3) is 0 Å². The lowest BCUT2D eigenvalue weighted by atomic mass is 9.82. The molecule has 2 aliphatic rings. The summed E-state index contributed by atoms with van der Waals surface area (Å²) >= 11 is 0. The third-order valence-electron chi connectivity index (χ3n) is 4.06. The van der Waals surface area contributed by atoms with Gasteiger partial charge < -0.3 is 15.0 Å². The van der Waals surface area contributed by atoms with Gasteiger partial charge in [0.05, 0.1) is 0 Å². The Morgan fingerprint density at radius 1 is 1.22 bits per heavy atom. The molecule has 0 saturated carbocycles. The van der Waals surface area contributed by atoms with Gasteiger partial charge >= 0.3 is 6.09 Å². The fourth-order valence-electron chi connectivity index (χ4n) is 3.21. The van der Waals surface area contributed by atoms with Gasteiger partial charge in [0, 0.05) is 18.1 Å². The van der Waals surface area contributed by atoms with Crippen LogP contribution in [-0.4, -0.2) is 41.8 Å². The Hall–Kier alpha value is -0.770. The van der Waals surface area contributed by atoms with Crippen molar-refractivity contribution in [2.75, 3.05) is 7.05 Å². The van der Waals surface area contributed by atoms with E-state index in [0.29, 0.717) is 12.1 Å². The quantitative estimate of drug-likeness (QED) is 0.782. The van der Waals surface area contributed by atoms with Crippen LogP contribution in [0.15, 0.2) is 0 Å².